The summed E-state index contributed by atoms with van der Waals surface area (Å²) in [6.45, 7) is 0. The van der Waals surface area contributed by atoms with Gasteiger partial charge in [0.05, 0.1) is 11.0 Å². The zero-order valence-corrected chi connectivity index (χ0v) is 27.2. The van der Waals surface area contributed by atoms with Crippen LogP contribution in [0.3, 0.4) is 0 Å². The van der Waals surface area contributed by atoms with Crippen LogP contribution in [0.15, 0.2) is 170 Å². The maximum atomic E-state index is 5.91. The first kappa shape index (κ1) is 28.3. The van der Waals surface area contributed by atoms with E-state index in [9.17, 15) is 0 Å². The smallest absolute Gasteiger partial charge is 0.0794 e. The summed E-state index contributed by atoms with van der Waals surface area (Å²) < 4.78 is 0. The summed E-state index contributed by atoms with van der Waals surface area (Å²) in [5.74, 6) is 2.85. The van der Waals surface area contributed by atoms with Crippen molar-refractivity contribution in [2.75, 3.05) is 0 Å². The van der Waals surface area contributed by atoms with Gasteiger partial charge in [0, 0.05) is 32.7 Å². The van der Waals surface area contributed by atoms with Crippen molar-refractivity contribution in [3.8, 4) is 45.7 Å². The van der Waals surface area contributed by atoms with Crippen LogP contribution in [0.25, 0.3) is 98.3 Å². The Hall–Kier alpha value is -6.75. The number of terminal acetylenes is 1. The minimum atomic E-state index is 0.864. The normalized spacial score (nSPS) is 11.6. The molecule has 0 radical (unpaired) electrons. The number of benzene rings is 9. The monoisotopic (exact) mass is 631 g/mol. The molecule has 50 heavy (non-hydrogen) atoms. The van der Waals surface area contributed by atoms with Gasteiger partial charge in [-0.05, 0) is 96.5 Å². The molecule has 10 rings (SSSR count). The first-order valence-electron chi connectivity index (χ1n) is 17.0. The molecule has 0 aliphatic heterocycles. The first-order chi connectivity index (χ1) is 24.7. The maximum Gasteiger partial charge on any atom is 0.0794 e. The van der Waals surface area contributed by atoms with Crippen LogP contribution in [0.2, 0.25) is 0 Å². The minimum Gasteiger partial charge on any atom is -0.246 e. The molecule has 230 valence electrons. The van der Waals surface area contributed by atoms with Crippen molar-refractivity contribution in [2.24, 2.45) is 0 Å². The molecule has 0 atom stereocenters. The van der Waals surface area contributed by atoms with Gasteiger partial charge in [-0.1, -0.05) is 139 Å². The third-order valence-electron chi connectivity index (χ3n) is 10.2. The summed E-state index contributed by atoms with van der Waals surface area (Å²) in [5, 5.41) is 11.9. The molecule has 1 heterocycles. The molecule has 0 saturated carbocycles. The van der Waals surface area contributed by atoms with E-state index in [1.165, 1.54) is 43.4 Å². The van der Waals surface area contributed by atoms with Gasteiger partial charge in [0.25, 0.3) is 0 Å². The third kappa shape index (κ3) is 4.40. The lowest BCUT2D eigenvalue weighted by Gasteiger charge is -2.18. The molecule has 1 heteroatoms. The molecule has 1 aromatic heterocycles. The molecule has 1 nitrogen and oxygen atoms in total. The highest BCUT2D eigenvalue weighted by Gasteiger charge is 2.18. The van der Waals surface area contributed by atoms with E-state index in [-0.39, 0.29) is 0 Å². The lowest BCUT2D eigenvalue weighted by Crippen LogP contribution is -1.94. The Morgan fingerprint density at radius 3 is 1.60 bits per heavy atom. The molecule has 0 aliphatic carbocycles. The Morgan fingerprint density at radius 1 is 0.360 bits per heavy atom. The van der Waals surface area contributed by atoms with Crippen LogP contribution in [-0.4, -0.2) is 4.98 Å². The molecule has 0 aliphatic rings. The molecular formula is C49H29N. The quantitative estimate of drug-likeness (QED) is 0.107. The fourth-order valence-corrected chi connectivity index (χ4v) is 7.90. The van der Waals surface area contributed by atoms with E-state index >= 15 is 0 Å². The largest absolute Gasteiger partial charge is 0.246 e. The van der Waals surface area contributed by atoms with Crippen LogP contribution in [0, 0.1) is 12.3 Å². The first-order valence-corrected chi connectivity index (χ1v) is 17.0. The van der Waals surface area contributed by atoms with Crippen LogP contribution in [-0.2, 0) is 0 Å². The van der Waals surface area contributed by atoms with Crippen molar-refractivity contribution < 1.29 is 0 Å². The molecule has 10 aromatic rings. The van der Waals surface area contributed by atoms with E-state index in [0.717, 1.165) is 60.4 Å². The Labute approximate surface area is 290 Å². The van der Waals surface area contributed by atoms with Crippen molar-refractivity contribution in [2.45, 2.75) is 0 Å². The summed E-state index contributed by atoms with van der Waals surface area (Å²) in [6, 6.07) is 61.3. The van der Waals surface area contributed by atoms with E-state index in [2.05, 4.69) is 170 Å². The number of aromatic nitrogens is 1. The lowest BCUT2D eigenvalue weighted by atomic mass is 9.87. The van der Waals surface area contributed by atoms with Gasteiger partial charge >= 0.3 is 0 Å². The predicted molar refractivity (Wildman–Crippen MR) is 214 cm³/mol. The summed E-state index contributed by atoms with van der Waals surface area (Å²) >= 11 is 0. The standard InChI is InChI=1S/C49H29N/c1-2-31-12-11-16-34(26-31)36-27-37(46-30-35-15-5-6-17-39(35)42-20-9-10-21-43(42)46)29-38(28-36)47-44-24-22-32-13-3-7-18-40(32)48(44)50-49-41-19-8-4-14-33(41)23-25-45(47)49/h1,3-30H. The fourth-order valence-electron chi connectivity index (χ4n) is 7.90. The second-order valence-corrected chi connectivity index (χ2v) is 13.1. The summed E-state index contributed by atoms with van der Waals surface area (Å²) in [6.07, 6.45) is 5.91. The zero-order valence-electron chi connectivity index (χ0n) is 27.2. The average molecular weight is 632 g/mol. The van der Waals surface area contributed by atoms with Crippen molar-refractivity contribution in [3.63, 3.8) is 0 Å². The number of pyridine rings is 1. The van der Waals surface area contributed by atoms with Crippen LogP contribution >= 0.6 is 0 Å². The number of nitrogens with zero attached hydrogens (tertiary/aromatic N) is 1. The average Bonchev–Trinajstić information content (AvgIpc) is 3.19. The number of fused-ring (bicyclic) bond motifs is 9. The molecule has 9 aromatic carbocycles. The van der Waals surface area contributed by atoms with Crippen LogP contribution < -0.4 is 0 Å². The van der Waals surface area contributed by atoms with Gasteiger partial charge in [-0.3, -0.25) is 0 Å². The van der Waals surface area contributed by atoms with Gasteiger partial charge in [0.2, 0.25) is 0 Å². The van der Waals surface area contributed by atoms with Gasteiger partial charge in [-0.2, -0.15) is 0 Å². The SMILES string of the molecule is C#Cc1cccc(-c2cc(-c3cc4ccccc4c4ccccc34)cc(-c3c4ccc5ccccc5c4nc4c3ccc3ccccc34)c2)c1. The molecule has 0 N–H and O–H groups in total. The van der Waals surface area contributed by atoms with Gasteiger partial charge in [-0.15, -0.1) is 6.42 Å². The molecule has 0 fully saturated rings. The Kier molecular flexibility index (Phi) is 6.31. The highest BCUT2D eigenvalue weighted by molar-refractivity contribution is 6.22. The van der Waals surface area contributed by atoms with E-state index in [0.29, 0.717) is 0 Å². The summed E-state index contributed by atoms with van der Waals surface area (Å²) in [4.78, 5) is 5.46. The van der Waals surface area contributed by atoms with Gasteiger partial charge in [0.15, 0.2) is 0 Å². The van der Waals surface area contributed by atoms with Crippen LogP contribution in [0.5, 0.6) is 0 Å². The van der Waals surface area contributed by atoms with Crippen LogP contribution in [0.4, 0.5) is 0 Å². The lowest BCUT2D eigenvalue weighted by molar-refractivity contribution is 1.52. The Morgan fingerprint density at radius 2 is 0.920 bits per heavy atom. The second-order valence-electron chi connectivity index (χ2n) is 13.1. The molecule has 0 unspecified atom stereocenters. The summed E-state index contributed by atoms with van der Waals surface area (Å²) in [5.41, 5.74) is 9.78. The molecule has 0 bridgehead atoms. The van der Waals surface area contributed by atoms with Crippen molar-refractivity contribution in [1.82, 2.24) is 4.98 Å². The van der Waals surface area contributed by atoms with Crippen molar-refractivity contribution >= 4 is 64.9 Å². The Bertz CT molecular complexity index is 2960. The highest BCUT2D eigenvalue weighted by Crippen LogP contribution is 2.44. The number of rotatable bonds is 3. The van der Waals surface area contributed by atoms with E-state index < -0.39 is 0 Å². The van der Waals surface area contributed by atoms with E-state index in [4.69, 9.17) is 11.4 Å². The molecule has 0 spiro atoms. The zero-order chi connectivity index (χ0) is 33.2. The predicted octanol–water partition coefficient (Wildman–Crippen LogP) is 13.0. The molecular weight excluding hydrogens is 603 g/mol. The second kappa shape index (κ2) is 11.2. The molecule has 0 saturated heterocycles. The Balaban J connectivity index is 1.37. The summed E-state index contributed by atoms with van der Waals surface area (Å²) in [7, 11) is 0. The van der Waals surface area contributed by atoms with Crippen LogP contribution in [0.1, 0.15) is 5.56 Å². The maximum absolute atomic E-state index is 5.91. The van der Waals surface area contributed by atoms with E-state index in [1.54, 1.807) is 0 Å². The van der Waals surface area contributed by atoms with Crippen molar-refractivity contribution in [1.29, 1.82) is 0 Å². The van der Waals surface area contributed by atoms with Gasteiger partial charge in [-0.25, -0.2) is 4.98 Å². The van der Waals surface area contributed by atoms with Gasteiger partial charge in [0.1, 0.15) is 0 Å². The number of hydrogen-bond acceptors (Lipinski definition) is 1. The molecule has 0 amide bonds. The number of hydrogen-bond donors (Lipinski definition) is 0. The van der Waals surface area contributed by atoms with Crippen molar-refractivity contribution in [3.05, 3.63) is 175 Å². The van der Waals surface area contributed by atoms with Gasteiger partial charge < -0.3 is 0 Å². The fraction of sp³-hybridized carbons (Fsp3) is 0. The highest BCUT2D eigenvalue weighted by atomic mass is 14.7. The minimum absolute atomic E-state index is 0.864. The van der Waals surface area contributed by atoms with E-state index in [1.807, 2.05) is 6.07 Å². The topological polar surface area (TPSA) is 12.9 Å². The third-order valence-corrected chi connectivity index (χ3v) is 10.2.